The van der Waals surface area contributed by atoms with Crippen molar-refractivity contribution in [1.29, 1.82) is 0 Å². The van der Waals surface area contributed by atoms with Gasteiger partial charge in [0, 0.05) is 50.5 Å². The van der Waals surface area contributed by atoms with E-state index in [0.717, 1.165) is 32.9 Å². The molecule has 0 amide bonds. The van der Waals surface area contributed by atoms with E-state index < -0.39 is 69.4 Å². The average Bonchev–Trinajstić information content (AvgIpc) is 3.02. The third-order valence-electron chi connectivity index (χ3n) is 7.19. The molecular weight excluding hydrogens is 628 g/mol. The highest BCUT2D eigenvalue weighted by molar-refractivity contribution is 7.89. The molecular formula is C29H38N4O10S2. The van der Waals surface area contributed by atoms with Gasteiger partial charge >= 0.3 is 0 Å². The Balaban J connectivity index is 2.03. The first-order chi connectivity index (χ1) is 21.4. The third-order valence-corrected chi connectivity index (χ3v) is 11.1. The van der Waals surface area contributed by atoms with Gasteiger partial charge in [0.2, 0.25) is 20.0 Å². The lowest BCUT2D eigenvalue weighted by molar-refractivity contribution is -0.388. The zero-order valence-corrected chi connectivity index (χ0v) is 26.8. The van der Waals surface area contributed by atoms with Crippen LogP contribution in [0.15, 0.2) is 83.1 Å². The summed E-state index contributed by atoms with van der Waals surface area (Å²) in [5.74, 6) is 0. The number of rotatable bonds is 18. The van der Waals surface area contributed by atoms with Crippen molar-refractivity contribution in [2.24, 2.45) is 0 Å². The number of hydrogen-bond donors (Lipinski definition) is 0. The topological polar surface area (TPSA) is 179 Å². The normalized spacial score (nSPS) is 16.6. The number of nitro groups is 2. The first kappa shape index (κ1) is 35.9. The van der Waals surface area contributed by atoms with Gasteiger partial charge in [0.05, 0.1) is 9.85 Å². The SMILES string of the molecule is C=C[C@@H](C[C@H]1C=CCCN1S(=O)(=O)c1ccccc1[N+](=O)[O-])N(CCCC(OCC)OCC)S(=O)(=O)c1ccccc1[N+](=O)[O-]. The highest BCUT2D eigenvalue weighted by Gasteiger charge is 2.40. The van der Waals surface area contributed by atoms with Gasteiger partial charge in [-0.3, -0.25) is 20.2 Å². The van der Waals surface area contributed by atoms with Crippen LogP contribution in [0.4, 0.5) is 11.4 Å². The van der Waals surface area contributed by atoms with Crippen LogP contribution in [0.2, 0.25) is 0 Å². The average molecular weight is 667 g/mol. The molecule has 2 atom stereocenters. The molecule has 0 saturated heterocycles. The van der Waals surface area contributed by atoms with Crippen molar-refractivity contribution in [3.63, 3.8) is 0 Å². The fourth-order valence-corrected chi connectivity index (χ4v) is 8.74. The Morgan fingerprint density at radius 2 is 1.53 bits per heavy atom. The summed E-state index contributed by atoms with van der Waals surface area (Å²) in [5.41, 5.74) is -1.19. The van der Waals surface area contributed by atoms with Gasteiger partial charge in [0.25, 0.3) is 11.4 Å². The second-order valence-corrected chi connectivity index (χ2v) is 13.7. The van der Waals surface area contributed by atoms with Crippen molar-refractivity contribution >= 4 is 31.4 Å². The maximum absolute atomic E-state index is 14.1. The van der Waals surface area contributed by atoms with Crippen LogP contribution in [0.5, 0.6) is 0 Å². The Morgan fingerprint density at radius 1 is 0.978 bits per heavy atom. The van der Waals surface area contributed by atoms with E-state index >= 15 is 0 Å². The van der Waals surface area contributed by atoms with Gasteiger partial charge in [-0.15, -0.1) is 6.58 Å². The zero-order valence-electron chi connectivity index (χ0n) is 25.1. The van der Waals surface area contributed by atoms with Crippen molar-refractivity contribution in [2.75, 3.05) is 26.3 Å². The molecule has 246 valence electrons. The molecule has 1 heterocycles. The number of benzene rings is 2. The molecule has 14 nitrogen and oxygen atoms in total. The minimum Gasteiger partial charge on any atom is -0.353 e. The van der Waals surface area contributed by atoms with Gasteiger partial charge in [0.15, 0.2) is 16.1 Å². The van der Waals surface area contributed by atoms with E-state index in [1.807, 2.05) is 0 Å². The quantitative estimate of drug-likeness (QED) is 0.0942. The minimum atomic E-state index is -4.53. The summed E-state index contributed by atoms with van der Waals surface area (Å²) in [6.07, 6.45) is 4.91. The van der Waals surface area contributed by atoms with E-state index in [-0.39, 0.29) is 25.9 Å². The number of hydrogen-bond acceptors (Lipinski definition) is 10. The first-order valence-corrected chi connectivity index (χ1v) is 17.3. The predicted molar refractivity (Wildman–Crippen MR) is 166 cm³/mol. The van der Waals surface area contributed by atoms with Crippen molar-refractivity contribution in [3.05, 3.63) is 93.6 Å². The van der Waals surface area contributed by atoms with Crippen LogP contribution in [0.3, 0.4) is 0 Å². The van der Waals surface area contributed by atoms with E-state index in [4.69, 9.17) is 9.47 Å². The smallest absolute Gasteiger partial charge is 0.289 e. The highest BCUT2D eigenvalue weighted by Crippen LogP contribution is 2.33. The lowest BCUT2D eigenvalue weighted by atomic mass is 10.0. The van der Waals surface area contributed by atoms with Crippen molar-refractivity contribution < 1.29 is 36.2 Å². The van der Waals surface area contributed by atoms with E-state index in [1.165, 1.54) is 30.3 Å². The molecule has 0 fully saturated rings. The second-order valence-electron chi connectivity index (χ2n) is 9.99. The van der Waals surface area contributed by atoms with Crippen LogP contribution in [0, 0.1) is 20.2 Å². The molecule has 0 bridgehead atoms. The summed E-state index contributed by atoms with van der Waals surface area (Å²) in [7, 11) is -8.92. The van der Waals surface area contributed by atoms with Crippen LogP contribution in [-0.4, -0.2) is 80.0 Å². The summed E-state index contributed by atoms with van der Waals surface area (Å²) in [6, 6.07) is 8.07. The van der Waals surface area contributed by atoms with E-state index in [9.17, 15) is 37.1 Å². The number of nitrogens with zero attached hydrogens (tertiary/aromatic N) is 4. The standard InChI is InChI=1S/C29H38N4O10S2/c1-4-23(22-24-14-11-12-20-31(24)45(40,41)28-18-10-8-16-26(28)33(36)37)30(21-13-19-29(42-5-2)43-6-3)44(38,39)27-17-9-7-15-25(27)32(34)35/h4,7-11,14-18,23-24,29H,1,5-6,12-13,19-22H2,2-3H3/t23-,24+/m0/s1. The molecule has 1 aliphatic rings. The van der Waals surface area contributed by atoms with Crippen LogP contribution in [0.25, 0.3) is 0 Å². The fraction of sp³-hybridized carbons (Fsp3) is 0.448. The molecule has 0 saturated carbocycles. The molecule has 0 unspecified atom stereocenters. The van der Waals surface area contributed by atoms with Crippen molar-refractivity contribution in [3.8, 4) is 0 Å². The largest absolute Gasteiger partial charge is 0.353 e. The van der Waals surface area contributed by atoms with Gasteiger partial charge in [0.1, 0.15) is 0 Å². The number of para-hydroxylation sites is 2. The molecule has 16 heteroatoms. The van der Waals surface area contributed by atoms with Gasteiger partial charge in [-0.05, 0) is 51.7 Å². The Kier molecular flexibility index (Phi) is 12.9. The number of ether oxygens (including phenoxy) is 2. The van der Waals surface area contributed by atoms with Gasteiger partial charge in [-0.25, -0.2) is 16.8 Å². The highest BCUT2D eigenvalue weighted by atomic mass is 32.2. The fourth-order valence-electron chi connectivity index (χ4n) is 5.16. The van der Waals surface area contributed by atoms with E-state index in [2.05, 4.69) is 6.58 Å². The van der Waals surface area contributed by atoms with Crippen LogP contribution < -0.4 is 0 Å². The summed E-state index contributed by atoms with van der Waals surface area (Å²) < 4.78 is 69.2. The third kappa shape index (κ3) is 8.59. The van der Waals surface area contributed by atoms with Crippen molar-refractivity contribution in [2.45, 2.75) is 67.7 Å². The molecule has 0 aromatic heterocycles. The summed E-state index contributed by atoms with van der Waals surface area (Å²) in [5, 5.41) is 23.5. The van der Waals surface area contributed by atoms with Crippen LogP contribution in [0.1, 0.15) is 39.5 Å². The molecule has 1 aliphatic heterocycles. The minimum absolute atomic E-state index is 0.000706. The van der Waals surface area contributed by atoms with Crippen molar-refractivity contribution in [1.82, 2.24) is 8.61 Å². The number of sulfonamides is 2. The summed E-state index contributed by atoms with van der Waals surface area (Å²) in [6.45, 7) is 8.05. The van der Waals surface area contributed by atoms with Crippen LogP contribution >= 0.6 is 0 Å². The molecule has 0 radical (unpaired) electrons. The first-order valence-electron chi connectivity index (χ1n) is 14.4. The molecule has 0 N–H and O–H groups in total. The molecule has 2 aromatic carbocycles. The maximum atomic E-state index is 14.1. The maximum Gasteiger partial charge on any atom is 0.289 e. The summed E-state index contributed by atoms with van der Waals surface area (Å²) in [4.78, 5) is 20.9. The summed E-state index contributed by atoms with van der Waals surface area (Å²) >= 11 is 0. The Bertz CT molecular complexity index is 1590. The van der Waals surface area contributed by atoms with E-state index in [0.29, 0.717) is 26.1 Å². The Morgan fingerprint density at radius 3 is 2.09 bits per heavy atom. The Hall–Kier alpha value is -3.54. The molecule has 0 aliphatic carbocycles. The van der Waals surface area contributed by atoms with Crippen LogP contribution in [-0.2, 0) is 29.5 Å². The van der Waals surface area contributed by atoms with Gasteiger partial charge in [-0.1, -0.05) is 42.5 Å². The van der Waals surface area contributed by atoms with Gasteiger partial charge in [-0.2, -0.15) is 8.61 Å². The monoisotopic (exact) mass is 666 g/mol. The Labute approximate surface area is 263 Å². The molecule has 0 spiro atoms. The predicted octanol–water partition coefficient (Wildman–Crippen LogP) is 4.64. The second kappa shape index (κ2) is 16.1. The van der Waals surface area contributed by atoms with E-state index in [1.54, 1.807) is 26.0 Å². The molecule has 3 rings (SSSR count). The molecule has 45 heavy (non-hydrogen) atoms. The lowest BCUT2D eigenvalue weighted by Crippen LogP contribution is -2.47. The number of nitro benzene ring substituents is 2. The zero-order chi connectivity index (χ0) is 33.2. The van der Waals surface area contributed by atoms with Gasteiger partial charge < -0.3 is 9.47 Å². The lowest BCUT2D eigenvalue weighted by Gasteiger charge is -2.36. The molecule has 2 aromatic rings.